The minimum atomic E-state index is -0.551. The molecule has 0 aliphatic rings. The number of carbonyl (C=O) groups is 2. The number of nitrogens with two attached hydrogens (primary N) is 1. The van der Waals surface area contributed by atoms with Crippen LogP contribution in [0.1, 0.15) is 26.3 Å². The Morgan fingerprint density at radius 3 is 2.32 bits per heavy atom. The zero-order chi connectivity index (χ0) is 14.5. The van der Waals surface area contributed by atoms with E-state index in [4.69, 9.17) is 5.73 Å². The summed E-state index contributed by atoms with van der Waals surface area (Å²) in [6.07, 6.45) is 0.457. The summed E-state index contributed by atoms with van der Waals surface area (Å²) in [7, 11) is 0. The van der Waals surface area contributed by atoms with E-state index in [9.17, 15) is 9.59 Å². The largest absolute Gasteiger partial charge is 0.369 e. The smallest absolute Gasteiger partial charge is 0.280 e. The van der Waals surface area contributed by atoms with Crippen molar-refractivity contribution >= 4 is 22.9 Å². The predicted molar refractivity (Wildman–Crippen MR) is 79.0 cm³/mol. The van der Waals surface area contributed by atoms with E-state index in [1.807, 2.05) is 51.1 Å². The van der Waals surface area contributed by atoms with Crippen LogP contribution in [0, 0.1) is 0 Å². The maximum atomic E-state index is 11.8. The van der Waals surface area contributed by atoms with E-state index >= 15 is 0 Å². The van der Waals surface area contributed by atoms with E-state index in [1.54, 1.807) is 0 Å². The van der Waals surface area contributed by atoms with Gasteiger partial charge < -0.3 is 11.1 Å². The van der Waals surface area contributed by atoms with E-state index in [-0.39, 0.29) is 10.8 Å². The van der Waals surface area contributed by atoms with Crippen molar-refractivity contribution < 1.29 is 9.59 Å². The molecule has 19 heavy (non-hydrogen) atoms. The van der Waals surface area contributed by atoms with Crippen molar-refractivity contribution in [2.75, 3.05) is 0 Å². The van der Waals surface area contributed by atoms with Gasteiger partial charge in [-0.1, -0.05) is 42.1 Å². The van der Waals surface area contributed by atoms with Crippen LogP contribution in [0.5, 0.6) is 0 Å². The minimum absolute atomic E-state index is 0.229. The number of amides is 2. The first-order valence-corrected chi connectivity index (χ1v) is 6.98. The molecule has 0 radical (unpaired) electrons. The highest BCUT2D eigenvalue weighted by Crippen LogP contribution is 2.18. The lowest BCUT2D eigenvalue weighted by molar-refractivity contribution is -0.117. The van der Waals surface area contributed by atoms with Crippen molar-refractivity contribution in [3.63, 3.8) is 0 Å². The second-order valence-corrected chi connectivity index (χ2v) is 6.54. The molecule has 1 aromatic carbocycles. The molecule has 0 heterocycles. The van der Waals surface area contributed by atoms with Crippen LogP contribution in [0.2, 0.25) is 0 Å². The first-order valence-electron chi connectivity index (χ1n) is 6.10. The first-order chi connectivity index (χ1) is 8.78. The van der Waals surface area contributed by atoms with E-state index in [2.05, 4.69) is 5.32 Å². The summed E-state index contributed by atoms with van der Waals surface area (Å²) >= 11 is 0.950. The van der Waals surface area contributed by atoms with Crippen molar-refractivity contribution in [1.82, 2.24) is 5.32 Å². The van der Waals surface area contributed by atoms with E-state index < -0.39 is 11.2 Å². The molecule has 1 rings (SSSR count). The maximum absolute atomic E-state index is 11.8. The fourth-order valence-electron chi connectivity index (χ4n) is 1.49. The van der Waals surface area contributed by atoms with Gasteiger partial charge in [-0.3, -0.25) is 9.59 Å². The average Bonchev–Trinajstić information content (AvgIpc) is 2.26. The van der Waals surface area contributed by atoms with Gasteiger partial charge in [-0.15, -0.1) is 0 Å². The van der Waals surface area contributed by atoms with Crippen molar-refractivity contribution in [3.8, 4) is 0 Å². The Balaban J connectivity index is 2.64. The molecule has 0 bridgehead atoms. The Morgan fingerprint density at radius 2 is 1.84 bits per heavy atom. The molecule has 5 heteroatoms. The van der Waals surface area contributed by atoms with Gasteiger partial charge in [-0.25, -0.2) is 0 Å². The fourth-order valence-corrected chi connectivity index (χ4v) is 2.51. The quantitative estimate of drug-likeness (QED) is 0.889. The normalized spacial score (nSPS) is 12.8. The van der Waals surface area contributed by atoms with Gasteiger partial charge in [0.2, 0.25) is 5.91 Å². The number of hydrogen-bond donors (Lipinski definition) is 2. The molecular weight excluding hydrogens is 260 g/mol. The summed E-state index contributed by atoms with van der Waals surface area (Å²) in [4.78, 5) is 23.2. The Morgan fingerprint density at radius 1 is 1.26 bits per heavy atom. The summed E-state index contributed by atoms with van der Waals surface area (Å²) in [6.45, 7) is 5.67. The van der Waals surface area contributed by atoms with Crippen molar-refractivity contribution in [3.05, 3.63) is 35.9 Å². The molecule has 0 saturated heterocycles. The minimum Gasteiger partial charge on any atom is -0.369 e. The van der Waals surface area contributed by atoms with Crippen LogP contribution in [0.15, 0.2) is 30.3 Å². The number of primary amides is 1. The van der Waals surface area contributed by atoms with Gasteiger partial charge in [0, 0.05) is 5.54 Å². The van der Waals surface area contributed by atoms with Gasteiger partial charge >= 0.3 is 0 Å². The SMILES string of the molecule is CC(C)(C)NC(=O)S[C@@H](Cc1ccccc1)C(N)=O. The Bertz CT molecular complexity index is 441. The van der Waals surface area contributed by atoms with Crippen molar-refractivity contribution in [1.29, 1.82) is 0 Å². The molecule has 3 N–H and O–H groups in total. The van der Waals surface area contributed by atoms with E-state index in [0.29, 0.717) is 6.42 Å². The molecule has 104 valence electrons. The number of benzene rings is 1. The third-order valence-electron chi connectivity index (χ3n) is 2.31. The number of carbonyl (C=O) groups excluding carboxylic acids is 2. The van der Waals surface area contributed by atoms with Gasteiger partial charge in [0.25, 0.3) is 5.24 Å². The Hall–Kier alpha value is -1.49. The summed E-state index contributed by atoms with van der Waals surface area (Å²) in [5.41, 5.74) is 6.02. The summed E-state index contributed by atoms with van der Waals surface area (Å²) < 4.78 is 0. The molecule has 1 aromatic rings. The van der Waals surface area contributed by atoms with Crippen molar-refractivity contribution in [2.24, 2.45) is 5.73 Å². The van der Waals surface area contributed by atoms with Crippen LogP contribution >= 0.6 is 11.8 Å². The number of hydrogen-bond acceptors (Lipinski definition) is 3. The summed E-state index contributed by atoms with van der Waals surface area (Å²) in [6, 6.07) is 9.53. The second kappa shape index (κ2) is 6.61. The standard InChI is InChI=1S/C14H20N2O2S/c1-14(2,3)16-13(18)19-11(12(15)17)9-10-7-5-4-6-8-10/h4-8,11H,9H2,1-3H3,(H2,15,17)(H,16,18)/t11-/m0/s1. The lowest BCUT2D eigenvalue weighted by atomic mass is 10.1. The molecule has 0 fully saturated rings. The topological polar surface area (TPSA) is 72.2 Å². The molecule has 4 nitrogen and oxygen atoms in total. The fraction of sp³-hybridized carbons (Fsp3) is 0.429. The molecular formula is C14H20N2O2S. The third-order valence-corrected chi connectivity index (χ3v) is 3.31. The van der Waals surface area contributed by atoms with Crippen LogP contribution in [-0.4, -0.2) is 21.9 Å². The molecule has 0 spiro atoms. The lowest BCUT2D eigenvalue weighted by Crippen LogP contribution is -2.40. The van der Waals surface area contributed by atoms with Gasteiger partial charge in [0.05, 0.1) is 5.25 Å². The summed E-state index contributed by atoms with van der Waals surface area (Å²) in [5.74, 6) is -0.474. The van der Waals surface area contributed by atoms with Crippen LogP contribution in [0.3, 0.4) is 0 Å². The molecule has 2 amide bonds. The second-order valence-electron chi connectivity index (χ2n) is 5.36. The summed E-state index contributed by atoms with van der Waals surface area (Å²) in [5, 5.41) is 2.03. The van der Waals surface area contributed by atoms with Gasteiger partial charge in [-0.05, 0) is 32.8 Å². The molecule has 0 saturated carbocycles. The first kappa shape index (κ1) is 15.6. The van der Waals surface area contributed by atoms with E-state index in [0.717, 1.165) is 17.3 Å². The average molecular weight is 280 g/mol. The number of nitrogens with one attached hydrogen (secondary N) is 1. The Kier molecular flexibility index (Phi) is 5.42. The monoisotopic (exact) mass is 280 g/mol. The maximum Gasteiger partial charge on any atom is 0.280 e. The van der Waals surface area contributed by atoms with Crippen molar-refractivity contribution in [2.45, 2.75) is 38.0 Å². The zero-order valence-corrected chi connectivity index (χ0v) is 12.3. The van der Waals surface area contributed by atoms with Gasteiger partial charge in [0.1, 0.15) is 0 Å². The van der Waals surface area contributed by atoms with Crippen LogP contribution < -0.4 is 11.1 Å². The highest BCUT2D eigenvalue weighted by molar-refractivity contribution is 8.14. The molecule has 0 unspecified atom stereocenters. The molecule has 0 aromatic heterocycles. The van der Waals surface area contributed by atoms with Gasteiger partial charge in [0.15, 0.2) is 0 Å². The predicted octanol–water partition coefficient (Wildman–Crippen LogP) is 2.32. The van der Waals surface area contributed by atoms with Crippen LogP contribution in [0.25, 0.3) is 0 Å². The van der Waals surface area contributed by atoms with E-state index in [1.165, 1.54) is 0 Å². The third kappa shape index (κ3) is 6.29. The number of thioether (sulfide) groups is 1. The van der Waals surface area contributed by atoms with Gasteiger partial charge in [-0.2, -0.15) is 0 Å². The zero-order valence-electron chi connectivity index (χ0n) is 11.5. The highest BCUT2D eigenvalue weighted by atomic mass is 32.2. The Labute approximate surface area is 118 Å². The molecule has 0 aliphatic heterocycles. The lowest BCUT2D eigenvalue weighted by Gasteiger charge is -2.21. The number of rotatable bonds is 4. The molecule has 0 aliphatic carbocycles. The highest BCUT2D eigenvalue weighted by Gasteiger charge is 2.23. The van der Waals surface area contributed by atoms with Crippen LogP contribution in [-0.2, 0) is 11.2 Å². The van der Waals surface area contributed by atoms with Crippen LogP contribution in [0.4, 0.5) is 4.79 Å². The molecule has 1 atom stereocenters.